The molecule has 0 saturated heterocycles. The Morgan fingerprint density at radius 2 is 2.15 bits per heavy atom. The first-order valence-corrected chi connectivity index (χ1v) is 5.14. The summed E-state index contributed by atoms with van der Waals surface area (Å²) >= 11 is 5.96. The lowest BCUT2D eigenvalue weighted by Crippen LogP contribution is -2.11. The van der Waals surface area contributed by atoms with Gasteiger partial charge >= 0.3 is 0 Å². The lowest BCUT2D eigenvalue weighted by Gasteiger charge is -2.11. The second-order valence-electron chi connectivity index (χ2n) is 3.54. The van der Waals surface area contributed by atoms with Crippen LogP contribution in [0.15, 0.2) is 0 Å². The Kier molecular flexibility index (Phi) is 2.49. The summed E-state index contributed by atoms with van der Waals surface area (Å²) in [4.78, 5) is 0. The Morgan fingerprint density at radius 3 is 2.77 bits per heavy atom. The van der Waals surface area contributed by atoms with E-state index in [4.69, 9.17) is 11.6 Å². The molecule has 0 aromatic carbocycles. The molecule has 0 amide bonds. The Morgan fingerprint density at radius 1 is 1.46 bits per heavy atom. The van der Waals surface area contributed by atoms with E-state index < -0.39 is 0 Å². The Hall–Kier alpha value is -0.640. The highest BCUT2D eigenvalue weighted by atomic mass is 35.5. The van der Waals surface area contributed by atoms with Crippen molar-refractivity contribution in [2.24, 2.45) is 0 Å². The van der Waals surface area contributed by atoms with Gasteiger partial charge in [-0.15, -0.1) is 16.7 Å². The molecule has 1 saturated carbocycles. The molecule has 5 heteroatoms. The molecular weight excluding hydrogens is 188 g/mol. The van der Waals surface area contributed by atoms with Crippen LogP contribution in [-0.2, 0) is 0 Å². The quantitative estimate of drug-likeness (QED) is 0.687. The summed E-state index contributed by atoms with van der Waals surface area (Å²) in [6.07, 6.45) is 4.92. The number of hydrogen-bond acceptors (Lipinski definition) is 3. The van der Waals surface area contributed by atoms with Gasteiger partial charge < -0.3 is 0 Å². The first-order chi connectivity index (χ1) is 6.29. The van der Waals surface area contributed by atoms with E-state index >= 15 is 0 Å². The van der Waals surface area contributed by atoms with Gasteiger partial charge in [0.1, 0.15) is 0 Å². The normalized spacial score (nSPS) is 20.8. The third kappa shape index (κ3) is 1.68. The number of alkyl halides is 1. The summed E-state index contributed by atoms with van der Waals surface area (Å²) in [5.74, 6) is 0.800. The van der Waals surface area contributed by atoms with Crippen molar-refractivity contribution in [2.45, 2.75) is 44.0 Å². The van der Waals surface area contributed by atoms with Crippen LogP contribution in [0.4, 0.5) is 0 Å². The summed E-state index contributed by atoms with van der Waals surface area (Å²) in [6, 6.07) is 0.478. The zero-order chi connectivity index (χ0) is 9.26. The van der Waals surface area contributed by atoms with Gasteiger partial charge in [0.2, 0.25) is 0 Å². The average Bonchev–Trinajstić information content (AvgIpc) is 2.74. The second kappa shape index (κ2) is 3.62. The van der Waals surface area contributed by atoms with Crippen molar-refractivity contribution < 1.29 is 0 Å². The van der Waals surface area contributed by atoms with Gasteiger partial charge in [-0.25, -0.2) is 4.68 Å². The third-order valence-electron chi connectivity index (χ3n) is 2.54. The molecule has 0 spiro atoms. The van der Waals surface area contributed by atoms with Crippen molar-refractivity contribution in [1.82, 2.24) is 20.2 Å². The van der Waals surface area contributed by atoms with Gasteiger partial charge in [0, 0.05) is 0 Å². The van der Waals surface area contributed by atoms with Gasteiger partial charge in [-0.3, -0.25) is 0 Å². The fourth-order valence-corrected chi connectivity index (χ4v) is 2.01. The molecule has 4 nitrogen and oxygen atoms in total. The standard InChI is InChI=1S/C8H13ClN4/c1-6(9)8-10-11-12-13(8)7-4-2-3-5-7/h6-7H,2-5H2,1H3. The van der Waals surface area contributed by atoms with Gasteiger partial charge in [0.15, 0.2) is 5.82 Å². The summed E-state index contributed by atoms with van der Waals surface area (Å²) in [7, 11) is 0. The third-order valence-corrected chi connectivity index (χ3v) is 2.74. The van der Waals surface area contributed by atoms with Gasteiger partial charge in [0.25, 0.3) is 0 Å². The van der Waals surface area contributed by atoms with Crippen molar-refractivity contribution in [3.63, 3.8) is 0 Å². The summed E-state index contributed by atoms with van der Waals surface area (Å²) in [6.45, 7) is 1.90. The average molecular weight is 201 g/mol. The molecule has 0 aliphatic heterocycles. The van der Waals surface area contributed by atoms with E-state index in [0.29, 0.717) is 6.04 Å². The molecular formula is C8H13ClN4. The van der Waals surface area contributed by atoms with Gasteiger partial charge in [-0.2, -0.15) is 0 Å². The largest absolute Gasteiger partial charge is 0.225 e. The van der Waals surface area contributed by atoms with E-state index in [1.165, 1.54) is 25.7 Å². The number of aromatic nitrogens is 4. The zero-order valence-corrected chi connectivity index (χ0v) is 8.41. The smallest absolute Gasteiger partial charge is 0.169 e. The SMILES string of the molecule is CC(Cl)c1nnnn1C1CCCC1. The highest BCUT2D eigenvalue weighted by molar-refractivity contribution is 6.20. The van der Waals surface area contributed by atoms with Crippen molar-refractivity contribution in [3.05, 3.63) is 5.82 Å². The lowest BCUT2D eigenvalue weighted by molar-refractivity contribution is 0.438. The maximum atomic E-state index is 5.96. The molecule has 1 aliphatic rings. The molecule has 0 bridgehead atoms. The monoisotopic (exact) mass is 200 g/mol. The van der Waals surface area contributed by atoms with Gasteiger partial charge in [-0.1, -0.05) is 12.8 Å². The molecule has 0 N–H and O–H groups in total. The topological polar surface area (TPSA) is 43.6 Å². The minimum atomic E-state index is -0.101. The fourth-order valence-electron chi connectivity index (χ4n) is 1.87. The number of nitrogens with zero attached hydrogens (tertiary/aromatic N) is 4. The molecule has 0 radical (unpaired) electrons. The zero-order valence-electron chi connectivity index (χ0n) is 7.65. The van der Waals surface area contributed by atoms with Gasteiger partial charge in [-0.05, 0) is 30.2 Å². The van der Waals surface area contributed by atoms with Crippen LogP contribution >= 0.6 is 11.6 Å². The predicted molar refractivity (Wildman–Crippen MR) is 49.6 cm³/mol. The molecule has 1 aromatic rings. The maximum absolute atomic E-state index is 5.96. The Balaban J connectivity index is 2.23. The van der Waals surface area contributed by atoms with Crippen LogP contribution in [0, 0.1) is 0 Å². The maximum Gasteiger partial charge on any atom is 0.169 e. The summed E-state index contributed by atoms with van der Waals surface area (Å²) < 4.78 is 1.89. The first-order valence-electron chi connectivity index (χ1n) is 4.71. The lowest BCUT2D eigenvalue weighted by atomic mass is 10.2. The number of hydrogen-bond donors (Lipinski definition) is 0. The van der Waals surface area contributed by atoms with E-state index in [-0.39, 0.29) is 5.38 Å². The Bertz CT molecular complexity index is 277. The molecule has 1 aromatic heterocycles. The van der Waals surface area contributed by atoms with Crippen LogP contribution in [0.5, 0.6) is 0 Å². The minimum absolute atomic E-state index is 0.101. The fraction of sp³-hybridized carbons (Fsp3) is 0.875. The van der Waals surface area contributed by atoms with Crippen LogP contribution in [0.3, 0.4) is 0 Å². The van der Waals surface area contributed by atoms with Gasteiger partial charge in [0.05, 0.1) is 11.4 Å². The number of rotatable bonds is 2. The van der Waals surface area contributed by atoms with E-state index in [2.05, 4.69) is 15.5 Å². The van der Waals surface area contributed by atoms with Crippen molar-refractivity contribution in [1.29, 1.82) is 0 Å². The van der Waals surface area contributed by atoms with Crippen LogP contribution in [-0.4, -0.2) is 20.2 Å². The summed E-state index contributed by atoms with van der Waals surface area (Å²) in [5, 5.41) is 11.5. The molecule has 1 unspecified atom stereocenters. The van der Waals surface area contributed by atoms with Crippen molar-refractivity contribution in [2.75, 3.05) is 0 Å². The molecule has 1 atom stereocenters. The van der Waals surface area contributed by atoms with E-state index in [1.807, 2.05) is 11.6 Å². The Labute approximate surface area is 82.3 Å². The van der Waals surface area contributed by atoms with E-state index in [0.717, 1.165) is 5.82 Å². The summed E-state index contributed by atoms with van der Waals surface area (Å²) in [5.41, 5.74) is 0. The molecule has 72 valence electrons. The molecule has 13 heavy (non-hydrogen) atoms. The van der Waals surface area contributed by atoms with E-state index in [9.17, 15) is 0 Å². The number of tetrazole rings is 1. The predicted octanol–water partition coefficient (Wildman–Crippen LogP) is 2.09. The van der Waals surface area contributed by atoms with E-state index in [1.54, 1.807) is 0 Å². The van der Waals surface area contributed by atoms with Crippen molar-refractivity contribution in [3.8, 4) is 0 Å². The van der Waals surface area contributed by atoms with Crippen LogP contribution in [0.1, 0.15) is 49.9 Å². The van der Waals surface area contributed by atoms with Crippen molar-refractivity contribution >= 4 is 11.6 Å². The molecule has 1 aliphatic carbocycles. The minimum Gasteiger partial charge on any atom is -0.225 e. The molecule has 2 rings (SSSR count). The molecule has 1 fully saturated rings. The number of halogens is 1. The highest BCUT2D eigenvalue weighted by Crippen LogP contribution is 2.31. The highest BCUT2D eigenvalue weighted by Gasteiger charge is 2.22. The molecule has 1 heterocycles. The van der Waals surface area contributed by atoms with Crippen LogP contribution < -0.4 is 0 Å². The first kappa shape index (κ1) is 8.94. The second-order valence-corrected chi connectivity index (χ2v) is 4.19. The van der Waals surface area contributed by atoms with Crippen LogP contribution in [0.2, 0.25) is 0 Å². The van der Waals surface area contributed by atoms with Crippen LogP contribution in [0.25, 0.3) is 0 Å².